The Labute approximate surface area is 115 Å². The molecule has 1 aromatic rings. The molecule has 2 rings (SSSR count). The van der Waals surface area contributed by atoms with Gasteiger partial charge in [0.05, 0.1) is 11.8 Å². The Bertz CT molecular complexity index is 370. The quantitative estimate of drug-likeness (QED) is 0.777. The maximum atomic E-state index is 9.91. The maximum absolute atomic E-state index is 9.91. The summed E-state index contributed by atoms with van der Waals surface area (Å²) in [4.78, 5) is 0. The zero-order valence-corrected chi connectivity index (χ0v) is 12.1. The van der Waals surface area contributed by atoms with Gasteiger partial charge in [0, 0.05) is 12.1 Å². The summed E-state index contributed by atoms with van der Waals surface area (Å²) in [6.07, 6.45) is 6.88. The van der Waals surface area contributed by atoms with E-state index < -0.39 is 0 Å². The van der Waals surface area contributed by atoms with Gasteiger partial charge in [0.15, 0.2) is 0 Å². The molecule has 0 aliphatic heterocycles. The van der Waals surface area contributed by atoms with E-state index in [1.165, 1.54) is 24.8 Å². The Kier molecular flexibility index (Phi) is 5.40. The molecular formula is C15H26N2O2. The molecule has 108 valence electrons. The van der Waals surface area contributed by atoms with Gasteiger partial charge in [0.1, 0.15) is 5.76 Å². The van der Waals surface area contributed by atoms with Crippen LogP contribution in [-0.2, 0) is 6.54 Å². The van der Waals surface area contributed by atoms with Gasteiger partial charge < -0.3 is 14.9 Å². The molecule has 0 aromatic carbocycles. The van der Waals surface area contributed by atoms with Crippen molar-refractivity contribution in [3.8, 4) is 0 Å². The number of aliphatic hydroxyl groups is 1. The van der Waals surface area contributed by atoms with Crippen LogP contribution in [0.4, 0.5) is 0 Å². The van der Waals surface area contributed by atoms with Crippen molar-refractivity contribution in [2.24, 2.45) is 5.92 Å². The van der Waals surface area contributed by atoms with Gasteiger partial charge in [-0.15, -0.1) is 0 Å². The van der Waals surface area contributed by atoms with Crippen molar-refractivity contribution >= 4 is 0 Å². The first kappa shape index (κ1) is 14.5. The molecule has 1 saturated carbocycles. The van der Waals surface area contributed by atoms with E-state index in [-0.39, 0.29) is 6.10 Å². The highest BCUT2D eigenvalue weighted by atomic mass is 16.5. The Morgan fingerprint density at radius 2 is 2.11 bits per heavy atom. The van der Waals surface area contributed by atoms with Crippen LogP contribution in [0.1, 0.15) is 55.5 Å². The molecule has 2 atom stereocenters. The summed E-state index contributed by atoms with van der Waals surface area (Å²) in [7, 11) is 0. The Balaban J connectivity index is 1.62. The van der Waals surface area contributed by atoms with Crippen molar-refractivity contribution < 1.29 is 9.63 Å². The minimum atomic E-state index is -0.0590. The van der Waals surface area contributed by atoms with Crippen LogP contribution in [-0.4, -0.2) is 22.9 Å². The van der Waals surface area contributed by atoms with Crippen LogP contribution >= 0.6 is 0 Å². The van der Waals surface area contributed by atoms with E-state index in [2.05, 4.69) is 10.5 Å². The summed E-state index contributed by atoms with van der Waals surface area (Å²) in [6, 6.07) is 0. The fraction of sp³-hybridized carbons (Fsp3) is 0.800. The van der Waals surface area contributed by atoms with Crippen LogP contribution < -0.4 is 5.32 Å². The first-order valence-corrected chi connectivity index (χ1v) is 7.49. The van der Waals surface area contributed by atoms with Gasteiger partial charge in [-0.1, -0.05) is 18.0 Å². The number of hydrogen-bond donors (Lipinski definition) is 2. The molecule has 0 radical (unpaired) electrons. The van der Waals surface area contributed by atoms with Crippen molar-refractivity contribution in [3.63, 3.8) is 0 Å². The summed E-state index contributed by atoms with van der Waals surface area (Å²) in [5, 5.41) is 17.3. The van der Waals surface area contributed by atoms with Gasteiger partial charge in [-0.25, -0.2) is 0 Å². The Morgan fingerprint density at radius 1 is 1.32 bits per heavy atom. The smallest absolute Gasteiger partial charge is 0.138 e. The average molecular weight is 266 g/mol. The zero-order chi connectivity index (χ0) is 13.7. The fourth-order valence-electron chi connectivity index (χ4n) is 2.98. The van der Waals surface area contributed by atoms with E-state index in [4.69, 9.17) is 4.52 Å². The summed E-state index contributed by atoms with van der Waals surface area (Å²) >= 11 is 0. The molecule has 1 aromatic heterocycles. The molecule has 0 saturated heterocycles. The highest BCUT2D eigenvalue weighted by Crippen LogP contribution is 2.27. The van der Waals surface area contributed by atoms with Crippen LogP contribution in [0.5, 0.6) is 0 Å². The molecule has 1 aliphatic rings. The van der Waals surface area contributed by atoms with Gasteiger partial charge in [-0.3, -0.25) is 0 Å². The van der Waals surface area contributed by atoms with Crippen LogP contribution in [0.15, 0.2) is 4.52 Å². The maximum Gasteiger partial charge on any atom is 0.138 e. The second-order valence-corrected chi connectivity index (χ2v) is 5.73. The van der Waals surface area contributed by atoms with Crippen LogP contribution in [0.3, 0.4) is 0 Å². The molecule has 4 heteroatoms. The van der Waals surface area contributed by atoms with Gasteiger partial charge in [0.25, 0.3) is 0 Å². The molecule has 1 aliphatic carbocycles. The number of aliphatic hydroxyl groups excluding tert-OH is 1. The summed E-state index contributed by atoms with van der Waals surface area (Å²) in [6.45, 7) is 5.75. The second-order valence-electron chi connectivity index (χ2n) is 5.73. The van der Waals surface area contributed by atoms with E-state index in [0.29, 0.717) is 5.92 Å². The number of aryl methyl sites for hydroxylation is 2. The van der Waals surface area contributed by atoms with Crippen LogP contribution in [0, 0.1) is 19.8 Å². The highest BCUT2D eigenvalue weighted by molar-refractivity contribution is 5.20. The highest BCUT2D eigenvalue weighted by Gasteiger charge is 2.22. The third kappa shape index (κ3) is 4.05. The second kappa shape index (κ2) is 7.06. The fourth-order valence-corrected chi connectivity index (χ4v) is 2.98. The molecule has 0 bridgehead atoms. The number of nitrogens with one attached hydrogen (secondary N) is 1. The van der Waals surface area contributed by atoms with Crippen LogP contribution in [0.25, 0.3) is 0 Å². The average Bonchev–Trinajstić information content (AvgIpc) is 2.72. The minimum absolute atomic E-state index is 0.0590. The topological polar surface area (TPSA) is 58.3 Å². The van der Waals surface area contributed by atoms with Crippen LogP contribution in [0.2, 0.25) is 0 Å². The van der Waals surface area contributed by atoms with Gasteiger partial charge in [-0.2, -0.15) is 0 Å². The van der Waals surface area contributed by atoms with Crippen molar-refractivity contribution in [1.82, 2.24) is 10.5 Å². The molecule has 1 heterocycles. The molecule has 4 nitrogen and oxygen atoms in total. The molecule has 0 amide bonds. The lowest BCUT2D eigenvalue weighted by Gasteiger charge is -2.27. The van der Waals surface area contributed by atoms with Gasteiger partial charge in [0.2, 0.25) is 0 Å². The van der Waals surface area contributed by atoms with Gasteiger partial charge in [-0.05, 0) is 52.0 Å². The van der Waals surface area contributed by atoms with E-state index in [9.17, 15) is 5.11 Å². The lowest BCUT2D eigenvalue weighted by atomic mass is 9.83. The largest absolute Gasteiger partial charge is 0.393 e. The third-order valence-corrected chi connectivity index (χ3v) is 4.28. The SMILES string of the molecule is Cc1noc(C)c1CNCCCC1CCCCC1O. The Hall–Kier alpha value is -0.870. The minimum Gasteiger partial charge on any atom is -0.393 e. The first-order valence-electron chi connectivity index (χ1n) is 7.49. The standard InChI is InChI=1S/C15H26N2O2/c1-11-14(12(2)19-17-11)10-16-9-5-7-13-6-3-4-8-15(13)18/h13,15-16,18H,3-10H2,1-2H3. The monoisotopic (exact) mass is 266 g/mol. The zero-order valence-electron chi connectivity index (χ0n) is 12.1. The molecule has 2 N–H and O–H groups in total. The number of rotatable bonds is 6. The summed E-state index contributed by atoms with van der Waals surface area (Å²) < 4.78 is 5.14. The Morgan fingerprint density at radius 3 is 2.79 bits per heavy atom. The normalized spacial score (nSPS) is 23.7. The van der Waals surface area contributed by atoms with E-state index >= 15 is 0 Å². The predicted molar refractivity (Wildman–Crippen MR) is 74.9 cm³/mol. The van der Waals surface area contributed by atoms with E-state index in [0.717, 1.165) is 43.8 Å². The third-order valence-electron chi connectivity index (χ3n) is 4.28. The first-order chi connectivity index (χ1) is 9.18. The van der Waals surface area contributed by atoms with Crippen molar-refractivity contribution in [2.75, 3.05) is 6.54 Å². The molecular weight excluding hydrogens is 240 g/mol. The molecule has 0 spiro atoms. The van der Waals surface area contributed by atoms with Crippen molar-refractivity contribution in [3.05, 3.63) is 17.0 Å². The predicted octanol–water partition coefficient (Wildman–Crippen LogP) is 2.71. The van der Waals surface area contributed by atoms with Crippen molar-refractivity contribution in [1.29, 1.82) is 0 Å². The number of aromatic nitrogens is 1. The molecule has 2 unspecified atom stereocenters. The molecule has 19 heavy (non-hydrogen) atoms. The van der Waals surface area contributed by atoms with Gasteiger partial charge >= 0.3 is 0 Å². The van der Waals surface area contributed by atoms with Crippen molar-refractivity contribution in [2.45, 2.75) is 65.0 Å². The van der Waals surface area contributed by atoms with E-state index in [1.54, 1.807) is 0 Å². The summed E-state index contributed by atoms with van der Waals surface area (Å²) in [5.74, 6) is 1.43. The summed E-state index contributed by atoms with van der Waals surface area (Å²) in [5.41, 5.74) is 2.16. The van der Waals surface area contributed by atoms with E-state index in [1.807, 2.05) is 13.8 Å². The molecule has 1 fully saturated rings. The number of hydrogen-bond acceptors (Lipinski definition) is 4. The number of nitrogens with zero attached hydrogens (tertiary/aromatic N) is 1. The lowest BCUT2D eigenvalue weighted by Crippen LogP contribution is -2.25. The lowest BCUT2D eigenvalue weighted by molar-refractivity contribution is 0.0643.